The molecule has 5 nitrogen and oxygen atoms in total. The molecular weight excluding hydrogens is 236 g/mol. The van der Waals surface area contributed by atoms with Gasteiger partial charge in [0.2, 0.25) is 0 Å². The van der Waals surface area contributed by atoms with Crippen LogP contribution in [-0.4, -0.2) is 28.1 Å². The first-order valence-electron chi connectivity index (χ1n) is 5.84. The van der Waals surface area contributed by atoms with Crippen molar-refractivity contribution in [3.63, 3.8) is 0 Å². The van der Waals surface area contributed by atoms with Gasteiger partial charge in [-0.15, -0.1) is 0 Å². The van der Waals surface area contributed by atoms with Crippen molar-refractivity contribution in [3.05, 3.63) is 23.8 Å². The zero-order valence-corrected chi connectivity index (χ0v) is 9.50. The third-order valence-electron chi connectivity index (χ3n) is 3.72. The molecule has 1 heterocycles. The monoisotopic (exact) mass is 248 g/mol. The number of phenols is 1. The Morgan fingerprint density at radius 2 is 2.11 bits per heavy atom. The molecule has 0 unspecified atom stereocenters. The molecule has 0 amide bonds. The van der Waals surface area contributed by atoms with Crippen molar-refractivity contribution < 1.29 is 24.5 Å². The Kier molecular flexibility index (Phi) is 2.29. The van der Waals surface area contributed by atoms with Gasteiger partial charge >= 0.3 is 5.97 Å². The van der Waals surface area contributed by atoms with Gasteiger partial charge in [-0.25, -0.2) is 0 Å². The third kappa shape index (κ3) is 1.47. The molecule has 1 saturated carbocycles. The van der Waals surface area contributed by atoms with Crippen molar-refractivity contribution >= 4 is 11.8 Å². The molecule has 0 spiro atoms. The molecule has 18 heavy (non-hydrogen) atoms. The number of carbonyl (C=O) groups excluding carboxylic acids is 1. The van der Waals surface area contributed by atoms with Crippen molar-refractivity contribution in [3.8, 4) is 11.5 Å². The topological polar surface area (TPSA) is 83.8 Å². The van der Waals surface area contributed by atoms with Crippen molar-refractivity contribution in [1.82, 2.24) is 0 Å². The number of aliphatic carboxylic acids is 1. The van der Waals surface area contributed by atoms with E-state index in [2.05, 4.69) is 0 Å². The lowest BCUT2D eigenvalue weighted by molar-refractivity contribution is -0.142. The number of hydrogen-bond donors (Lipinski definition) is 2. The van der Waals surface area contributed by atoms with E-state index in [0.29, 0.717) is 18.6 Å². The summed E-state index contributed by atoms with van der Waals surface area (Å²) in [5.41, 5.74) is 0.282. The average Bonchev–Trinajstić information content (AvgIpc) is 2.74. The van der Waals surface area contributed by atoms with Gasteiger partial charge in [0.1, 0.15) is 17.6 Å². The maximum Gasteiger partial charge on any atom is 0.307 e. The minimum atomic E-state index is -0.956. The van der Waals surface area contributed by atoms with Gasteiger partial charge in [0.05, 0.1) is 17.4 Å². The van der Waals surface area contributed by atoms with E-state index >= 15 is 0 Å². The molecule has 0 bridgehead atoms. The second-order valence-corrected chi connectivity index (χ2v) is 4.75. The highest BCUT2D eigenvalue weighted by atomic mass is 16.5. The van der Waals surface area contributed by atoms with E-state index in [1.165, 1.54) is 12.1 Å². The predicted octanol–water partition coefficient (Wildman–Crippen LogP) is 1.45. The van der Waals surface area contributed by atoms with E-state index in [0.717, 1.165) is 0 Å². The maximum absolute atomic E-state index is 12.3. The first-order chi connectivity index (χ1) is 8.58. The zero-order chi connectivity index (χ0) is 12.9. The van der Waals surface area contributed by atoms with E-state index in [1.807, 2.05) is 0 Å². The summed E-state index contributed by atoms with van der Waals surface area (Å²) in [4.78, 5) is 23.4. The van der Waals surface area contributed by atoms with Crippen LogP contribution >= 0.6 is 0 Å². The Bertz CT molecular complexity index is 536. The number of hydrogen-bond acceptors (Lipinski definition) is 4. The van der Waals surface area contributed by atoms with Crippen LogP contribution in [0.4, 0.5) is 0 Å². The van der Waals surface area contributed by atoms with E-state index in [-0.39, 0.29) is 23.2 Å². The number of fused-ring (bicyclic) bond motifs is 2. The normalized spacial score (nSPS) is 29.3. The largest absolute Gasteiger partial charge is 0.508 e. The number of ether oxygens (including phenoxy) is 1. The Labute approximate surface area is 103 Å². The fourth-order valence-electron chi connectivity index (χ4n) is 2.88. The average molecular weight is 248 g/mol. The van der Waals surface area contributed by atoms with Crippen LogP contribution in [-0.2, 0) is 4.79 Å². The number of Topliss-reactive ketones (excluding diaryl/α,β-unsaturated/α-hetero) is 1. The molecule has 2 N–H and O–H groups in total. The highest BCUT2D eigenvalue weighted by Gasteiger charge is 2.49. The SMILES string of the molecule is O=C1c2cc(O)ccc2O[C@@H]2CC[C@@H](C(=O)O)[C@H]12. The summed E-state index contributed by atoms with van der Waals surface area (Å²) >= 11 is 0. The van der Waals surface area contributed by atoms with Crippen molar-refractivity contribution in [1.29, 1.82) is 0 Å². The number of carboxylic acids is 1. The number of aromatic hydroxyl groups is 1. The molecule has 1 aliphatic carbocycles. The van der Waals surface area contributed by atoms with Crippen LogP contribution in [0, 0.1) is 11.8 Å². The van der Waals surface area contributed by atoms with Gasteiger partial charge in [-0.05, 0) is 31.0 Å². The van der Waals surface area contributed by atoms with Crippen LogP contribution in [0.5, 0.6) is 11.5 Å². The predicted molar refractivity (Wildman–Crippen MR) is 60.7 cm³/mol. The van der Waals surface area contributed by atoms with Gasteiger partial charge in [-0.3, -0.25) is 9.59 Å². The molecule has 3 atom stereocenters. The summed E-state index contributed by atoms with van der Waals surface area (Å²) in [7, 11) is 0. The van der Waals surface area contributed by atoms with Crippen molar-refractivity contribution in [2.75, 3.05) is 0 Å². The molecule has 1 aromatic rings. The molecule has 0 radical (unpaired) electrons. The Hall–Kier alpha value is -2.04. The van der Waals surface area contributed by atoms with E-state index < -0.39 is 17.8 Å². The number of phenolic OH excluding ortho intramolecular Hbond substituents is 1. The lowest BCUT2D eigenvalue weighted by Gasteiger charge is -2.29. The first-order valence-corrected chi connectivity index (χ1v) is 5.84. The number of rotatable bonds is 1. The summed E-state index contributed by atoms with van der Waals surface area (Å²) in [6, 6.07) is 4.34. The number of carbonyl (C=O) groups is 2. The van der Waals surface area contributed by atoms with Crippen LogP contribution in [0.2, 0.25) is 0 Å². The Morgan fingerprint density at radius 3 is 2.83 bits per heavy atom. The molecule has 3 rings (SSSR count). The number of ketones is 1. The molecule has 1 fully saturated rings. The standard InChI is InChI=1S/C13H12O5/c14-6-1-3-9-8(5-6)12(15)11-7(13(16)17)2-4-10(11)18-9/h1,3,5,7,10-11,14H,2,4H2,(H,16,17)/t7-,10-,11+/m1/s1. The van der Waals surface area contributed by atoms with Crippen molar-refractivity contribution in [2.24, 2.45) is 11.8 Å². The highest BCUT2D eigenvalue weighted by Crippen LogP contribution is 2.43. The van der Waals surface area contributed by atoms with Gasteiger partial charge in [-0.2, -0.15) is 0 Å². The van der Waals surface area contributed by atoms with Gasteiger partial charge in [0.25, 0.3) is 0 Å². The van der Waals surface area contributed by atoms with Gasteiger partial charge < -0.3 is 14.9 Å². The number of carboxylic acid groups (broad SMARTS) is 1. The molecule has 0 aromatic heterocycles. The summed E-state index contributed by atoms with van der Waals surface area (Å²) in [5.74, 6) is -2.08. The van der Waals surface area contributed by atoms with Gasteiger partial charge in [0.15, 0.2) is 5.78 Å². The van der Waals surface area contributed by atoms with Crippen LogP contribution in [0.25, 0.3) is 0 Å². The van der Waals surface area contributed by atoms with Crippen LogP contribution in [0.3, 0.4) is 0 Å². The Balaban J connectivity index is 2.04. The molecule has 0 saturated heterocycles. The zero-order valence-electron chi connectivity index (χ0n) is 9.50. The van der Waals surface area contributed by atoms with E-state index in [4.69, 9.17) is 9.84 Å². The summed E-state index contributed by atoms with van der Waals surface area (Å²) < 4.78 is 5.67. The lowest BCUT2D eigenvalue weighted by atomic mass is 9.85. The molecular formula is C13H12O5. The minimum absolute atomic E-state index is 0.0194. The van der Waals surface area contributed by atoms with Crippen LogP contribution in [0.15, 0.2) is 18.2 Å². The van der Waals surface area contributed by atoms with Crippen LogP contribution < -0.4 is 4.74 Å². The molecule has 2 aliphatic rings. The van der Waals surface area contributed by atoms with Gasteiger partial charge in [0, 0.05) is 0 Å². The molecule has 94 valence electrons. The molecule has 1 aromatic carbocycles. The minimum Gasteiger partial charge on any atom is -0.508 e. The maximum atomic E-state index is 12.3. The fourth-order valence-corrected chi connectivity index (χ4v) is 2.88. The summed E-state index contributed by atoms with van der Waals surface area (Å²) in [6.07, 6.45) is 0.681. The second-order valence-electron chi connectivity index (χ2n) is 4.75. The smallest absolute Gasteiger partial charge is 0.307 e. The number of benzene rings is 1. The lowest BCUT2D eigenvalue weighted by Crippen LogP contribution is -2.38. The highest BCUT2D eigenvalue weighted by molar-refractivity contribution is 6.04. The second kappa shape index (κ2) is 3.73. The summed E-state index contributed by atoms with van der Waals surface area (Å²) in [5, 5.41) is 18.5. The third-order valence-corrected chi connectivity index (χ3v) is 3.72. The van der Waals surface area contributed by atoms with E-state index in [1.54, 1.807) is 6.07 Å². The van der Waals surface area contributed by atoms with E-state index in [9.17, 15) is 14.7 Å². The molecule has 1 aliphatic heterocycles. The first kappa shape index (κ1) is 11.1. The van der Waals surface area contributed by atoms with Crippen LogP contribution in [0.1, 0.15) is 23.2 Å². The van der Waals surface area contributed by atoms with Crippen molar-refractivity contribution in [2.45, 2.75) is 18.9 Å². The van der Waals surface area contributed by atoms with Gasteiger partial charge in [-0.1, -0.05) is 0 Å². The summed E-state index contributed by atoms with van der Waals surface area (Å²) in [6.45, 7) is 0. The quantitative estimate of drug-likeness (QED) is 0.785. The fraction of sp³-hybridized carbons (Fsp3) is 0.385. The Morgan fingerprint density at radius 1 is 1.33 bits per heavy atom. The molecule has 5 heteroatoms.